The van der Waals surface area contributed by atoms with Gasteiger partial charge >= 0.3 is 5.97 Å². The molecule has 1 amide bonds. The van der Waals surface area contributed by atoms with Crippen molar-refractivity contribution in [1.82, 2.24) is 10.6 Å². The van der Waals surface area contributed by atoms with Gasteiger partial charge in [0.2, 0.25) is 5.91 Å². The lowest BCUT2D eigenvalue weighted by Gasteiger charge is -2.18. The second kappa shape index (κ2) is 21.1. The highest BCUT2D eigenvalue weighted by atomic mass is 16.5. The number of hydrogen-bond donors (Lipinski definition) is 5. The fraction of sp³-hybridized carbons (Fsp3) is 0.385. The van der Waals surface area contributed by atoms with Crippen LogP contribution in [0.3, 0.4) is 0 Å². The van der Waals surface area contributed by atoms with Gasteiger partial charge in [-0.2, -0.15) is 0 Å². The van der Waals surface area contributed by atoms with Crippen LogP contribution in [0.1, 0.15) is 92.4 Å². The van der Waals surface area contributed by atoms with E-state index in [1.807, 2.05) is 72.8 Å². The van der Waals surface area contributed by atoms with Crippen molar-refractivity contribution in [3.63, 3.8) is 0 Å². The average Bonchev–Trinajstić information content (AvgIpc) is 3.10. The Labute approximate surface area is 291 Å². The van der Waals surface area contributed by atoms with E-state index in [0.29, 0.717) is 30.1 Å². The zero-order valence-corrected chi connectivity index (χ0v) is 29.5. The van der Waals surface area contributed by atoms with Gasteiger partial charge in [0.1, 0.15) is 24.4 Å². The van der Waals surface area contributed by atoms with Crippen molar-refractivity contribution in [2.24, 2.45) is 16.5 Å². The number of likely N-dealkylation sites (N-methyl/N-ethyl adjacent to an activating group) is 1. The van der Waals surface area contributed by atoms with Crippen LogP contribution in [0.25, 0.3) is 5.70 Å². The first-order chi connectivity index (χ1) is 23.4. The van der Waals surface area contributed by atoms with Gasteiger partial charge in [-0.15, -0.1) is 0 Å². The van der Waals surface area contributed by atoms with Crippen molar-refractivity contribution < 1.29 is 24.2 Å². The number of hydrogen-bond acceptors (Lipinski definition) is 7. The zero-order valence-electron chi connectivity index (χ0n) is 29.5. The fourth-order valence-electron chi connectivity index (χ4n) is 4.65. The van der Waals surface area contributed by atoms with E-state index in [9.17, 15) is 14.4 Å². The molecule has 0 aliphatic heterocycles. The fourth-order valence-corrected chi connectivity index (χ4v) is 4.65. The van der Waals surface area contributed by atoms with Crippen LogP contribution in [0.4, 0.5) is 0 Å². The van der Waals surface area contributed by atoms with E-state index in [1.165, 1.54) is 37.4 Å². The number of amidine groups is 1. The maximum atomic E-state index is 12.1. The molecule has 3 aromatic carbocycles. The lowest BCUT2D eigenvalue weighted by Crippen LogP contribution is -2.45. The minimum Gasteiger partial charge on any atom is -0.494 e. The predicted octanol–water partition coefficient (Wildman–Crippen LogP) is 5.83. The Morgan fingerprint density at radius 2 is 1.51 bits per heavy atom. The number of amides is 1. The third kappa shape index (κ3) is 15.2. The number of carbonyl (C=O) groups excluding carboxylic acids is 2. The number of carbonyl (C=O) groups is 3. The molecule has 0 saturated carbocycles. The number of nitrogens with two attached hydrogens (primary N) is 2. The molecule has 10 nitrogen and oxygen atoms in total. The molecule has 0 aliphatic carbocycles. The Hall–Kier alpha value is -4.96. The van der Waals surface area contributed by atoms with Crippen LogP contribution >= 0.6 is 0 Å². The topological polar surface area (TPSA) is 169 Å². The number of nitrogens with zero attached hydrogens (tertiary/aromatic N) is 1. The van der Waals surface area contributed by atoms with Crippen LogP contribution in [0.5, 0.6) is 5.75 Å². The first kappa shape index (κ1) is 40.2. The number of nitrogens with one attached hydrogen (secondary N) is 2. The number of unbranched alkanes of at least 4 members (excludes halogenated alkanes) is 4. The molecule has 264 valence electrons. The summed E-state index contributed by atoms with van der Waals surface area (Å²) in [6, 6.07) is 22.1. The summed E-state index contributed by atoms with van der Waals surface area (Å²) in [5.41, 5.74) is 17.4. The quantitative estimate of drug-likeness (QED) is 0.0517. The SMILES string of the molecule is CC(C)(C)c1ccc(C=O)cc1.CCCCCCCOc1ccc(/C(N)=C/N=C(N)c2ccc(CC(NC)C(=O)NCC(=O)O)cc2)cc1. The smallest absolute Gasteiger partial charge is 0.322 e. The summed E-state index contributed by atoms with van der Waals surface area (Å²) < 4.78 is 5.79. The summed E-state index contributed by atoms with van der Waals surface area (Å²) in [5.74, 6) is -0.346. The molecule has 1 atom stereocenters. The van der Waals surface area contributed by atoms with Crippen molar-refractivity contribution >= 4 is 29.7 Å². The minimum atomic E-state index is -1.09. The molecule has 0 fully saturated rings. The molecule has 1 unspecified atom stereocenters. The number of carboxylic acids is 1. The summed E-state index contributed by atoms with van der Waals surface area (Å²) in [6.07, 6.45) is 8.78. The molecule has 49 heavy (non-hydrogen) atoms. The highest BCUT2D eigenvalue weighted by Gasteiger charge is 2.17. The lowest BCUT2D eigenvalue weighted by molar-refractivity contribution is -0.138. The van der Waals surface area contributed by atoms with Crippen molar-refractivity contribution in [3.8, 4) is 5.75 Å². The molecule has 3 aromatic rings. The standard InChI is InChI=1S/C28H39N5O4.C11H14O/c1-3-4-5-6-7-16-37-23-14-12-21(13-15-23)24(29)18-32-27(30)22-10-8-20(9-11-22)17-25(31-2)28(36)33-19-26(34)35;1-11(2,3)10-6-4-9(8-12)5-7-10/h8-15,18,25,31H,3-7,16-17,19,29H2,1-2H3,(H2,30,32)(H,33,36)(H,34,35);4-8H,1-3H3/b24-18-;. The van der Waals surface area contributed by atoms with Gasteiger partial charge in [-0.05, 0) is 66.3 Å². The second-order valence-electron chi connectivity index (χ2n) is 12.7. The molecule has 7 N–H and O–H groups in total. The van der Waals surface area contributed by atoms with Crippen LogP contribution in [-0.4, -0.2) is 55.3 Å². The van der Waals surface area contributed by atoms with E-state index in [0.717, 1.165) is 35.1 Å². The number of benzene rings is 3. The van der Waals surface area contributed by atoms with E-state index in [1.54, 1.807) is 7.05 Å². The number of carboxylic acid groups (broad SMARTS) is 1. The Kier molecular flexibility index (Phi) is 17.3. The van der Waals surface area contributed by atoms with Crippen molar-refractivity contribution in [2.45, 2.75) is 77.7 Å². The number of aliphatic imine (C=N–C) groups is 1. The Balaban J connectivity index is 0.000000582. The molecule has 0 aliphatic rings. The summed E-state index contributed by atoms with van der Waals surface area (Å²) in [7, 11) is 1.65. The molecule has 0 bridgehead atoms. The third-order valence-corrected chi connectivity index (χ3v) is 7.73. The molecule has 3 rings (SSSR count). The van der Waals surface area contributed by atoms with Gasteiger partial charge in [-0.25, -0.2) is 4.99 Å². The molecule has 0 heterocycles. The van der Waals surface area contributed by atoms with Crippen molar-refractivity contribution in [1.29, 1.82) is 0 Å². The lowest BCUT2D eigenvalue weighted by atomic mass is 9.87. The van der Waals surface area contributed by atoms with Gasteiger partial charge in [0, 0.05) is 11.1 Å². The van der Waals surface area contributed by atoms with Crippen LogP contribution in [0, 0.1) is 0 Å². The largest absolute Gasteiger partial charge is 0.494 e. The Bertz CT molecular complexity index is 1510. The number of aldehydes is 1. The van der Waals surface area contributed by atoms with Crippen LogP contribution < -0.4 is 26.8 Å². The molecule has 10 heteroatoms. The molecule has 0 spiro atoms. The van der Waals surface area contributed by atoms with E-state index in [2.05, 4.69) is 43.3 Å². The highest BCUT2D eigenvalue weighted by molar-refractivity contribution is 5.98. The average molecular weight is 672 g/mol. The molecule has 0 radical (unpaired) electrons. The normalized spacial score (nSPS) is 12.3. The molecule has 0 aromatic heterocycles. The summed E-state index contributed by atoms with van der Waals surface area (Å²) in [5, 5.41) is 14.0. The summed E-state index contributed by atoms with van der Waals surface area (Å²) in [6.45, 7) is 8.96. The Morgan fingerprint density at radius 1 is 0.898 bits per heavy atom. The molecule has 0 saturated heterocycles. The third-order valence-electron chi connectivity index (χ3n) is 7.73. The van der Waals surface area contributed by atoms with Gasteiger partial charge < -0.3 is 31.9 Å². The van der Waals surface area contributed by atoms with Gasteiger partial charge in [-0.1, -0.05) is 102 Å². The zero-order chi connectivity index (χ0) is 36.2. The van der Waals surface area contributed by atoms with Crippen LogP contribution in [0.2, 0.25) is 0 Å². The van der Waals surface area contributed by atoms with Crippen LogP contribution in [-0.2, 0) is 21.4 Å². The van der Waals surface area contributed by atoms with Gasteiger partial charge in [0.15, 0.2) is 0 Å². The Morgan fingerprint density at radius 3 is 2.06 bits per heavy atom. The molecular formula is C39H53N5O5. The first-order valence-corrected chi connectivity index (χ1v) is 16.7. The van der Waals surface area contributed by atoms with E-state index in [-0.39, 0.29) is 11.3 Å². The van der Waals surface area contributed by atoms with E-state index < -0.39 is 18.6 Å². The van der Waals surface area contributed by atoms with Crippen molar-refractivity contribution in [3.05, 3.63) is 107 Å². The second-order valence-corrected chi connectivity index (χ2v) is 12.7. The summed E-state index contributed by atoms with van der Waals surface area (Å²) in [4.78, 5) is 37.5. The number of aliphatic carboxylic acids is 1. The highest BCUT2D eigenvalue weighted by Crippen LogP contribution is 2.22. The van der Waals surface area contributed by atoms with Gasteiger partial charge in [0.05, 0.1) is 24.5 Å². The van der Waals surface area contributed by atoms with Crippen LogP contribution in [0.15, 0.2) is 84.0 Å². The number of rotatable bonds is 17. The maximum absolute atomic E-state index is 12.1. The van der Waals surface area contributed by atoms with Gasteiger partial charge in [-0.3, -0.25) is 14.4 Å². The summed E-state index contributed by atoms with van der Waals surface area (Å²) >= 11 is 0. The van der Waals surface area contributed by atoms with Gasteiger partial charge in [0.25, 0.3) is 0 Å². The molecular weight excluding hydrogens is 618 g/mol. The monoisotopic (exact) mass is 671 g/mol. The first-order valence-electron chi connectivity index (χ1n) is 16.7. The maximum Gasteiger partial charge on any atom is 0.322 e. The predicted molar refractivity (Wildman–Crippen MR) is 198 cm³/mol. The minimum absolute atomic E-state index is 0.168. The van der Waals surface area contributed by atoms with E-state index >= 15 is 0 Å². The van der Waals surface area contributed by atoms with E-state index in [4.69, 9.17) is 21.3 Å². The number of ether oxygens (including phenoxy) is 1. The van der Waals surface area contributed by atoms with Crippen molar-refractivity contribution in [2.75, 3.05) is 20.2 Å².